The summed E-state index contributed by atoms with van der Waals surface area (Å²) in [5.74, 6) is -1.31. The summed E-state index contributed by atoms with van der Waals surface area (Å²) < 4.78 is 36.8. The van der Waals surface area contributed by atoms with Gasteiger partial charge in [0.2, 0.25) is 10.0 Å². The largest absolute Gasteiger partial charge is 0.468 e. The highest BCUT2D eigenvalue weighted by Crippen LogP contribution is 2.23. The summed E-state index contributed by atoms with van der Waals surface area (Å²) in [7, 11) is -1.27. The Morgan fingerprint density at radius 1 is 1.18 bits per heavy atom. The number of methoxy groups -OCH3 is 2. The predicted octanol–water partition coefficient (Wildman–Crippen LogP) is 0.232. The first kappa shape index (κ1) is 16.5. The third-order valence-corrected chi connectivity index (χ3v) is 5.36. The van der Waals surface area contributed by atoms with Crippen molar-refractivity contribution in [2.75, 3.05) is 27.3 Å². The fourth-order valence-electron chi connectivity index (χ4n) is 2.31. The molecule has 0 spiro atoms. The van der Waals surface area contributed by atoms with Crippen molar-refractivity contribution in [1.29, 1.82) is 0 Å². The molecule has 0 amide bonds. The first-order valence-corrected chi connectivity index (χ1v) is 8.19. The molecule has 0 aliphatic carbocycles. The van der Waals surface area contributed by atoms with E-state index in [0.717, 1.165) is 12.8 Å². The van der Waals surface area contributed by atoms with Gasteiger partial charge in [0.15, 0.2) is 0 Å². The Balaban J connectivity index is 2.40. The van der Waals surface area contributed by atoms with Crippen molar-refractivity contribution in [3.05, 3.63) is 18.0 Å². The number of carbonyl (C=O) groups is 2. The lowest BCUT2D eigenvalue weighted by molar-refractivity contribution is -0.141. The van der Waals surface area contributed by atoms with Gasteiger partial charge < -0.3 is 14.0 Å². The summed E-state index contributed by atoms with van der Waals surface area (Å²) in [6, 6.07) is 1.22. The molecule has 0 radical (unpaired) electrons. The fraction of sp³-hybridized carbons (Fsp3) is 0.538. The molecule has 9 heteroatoms. The molecule has 0 bridgehead atoms. The Kier molecular flexibility index (Phi) is 4.87. The van der Waals surface area contributed by atoms with Crippen LogP contribution in [0.3, 0.4) is 0 Å². The molecule has 0 unspecified atom stereocenters. The third-order valence-electron chi connectivity index (χ3n) is 3.50. The Morgan fingerprint density at radius 2 is 1.82 bits per heavy atom. The van der Waals surface area contributed by atoms with Crippen LogP contribution in [0, 0.1) is 0 Å². The molecular formula is C13H18N2O6S. The van der Waals surface area contributed by atoms with Crippen molar-refractivity contribution in [3.63, 3.8) is 0 Å². The monoisotopic (exact) mass is 330 g/mol. The van der Waals surface area contributed by atoms with Crippen molar-refractivity contribution < 1.29 is 27.5 Å². The van der Waals surface area contributed by atoms with Gasteiger partial charge in [-0.1, -0.05) is 0 Å². The Morgan fingerprint density at radius 3 is 2.36 bits per heavy atom. The smallest absolute Gasteiger partial charge is 0.354 e. The second-order valence-corrected chi connectivity index (χ2v) is 6.81. The second kappa shape index (κ2) is 6.49. The average Bonchev–Trinajstić information content (AvgIpc) is 3.16. The van der Waals surface area contributed by atoms with E-state index in [1.54, 1.807) is 0 Å². The molecular weight excluding hydrogens is 312 g/mol. The van der Waals surface area contributed by atoms with Crippen LogP contribution in [0.25, 0.3) is 0 Å². The molecule has 0 N–H and O–H groups in total. The standard InChI is InChI=1S/C13H18N2O6S/c1-20-12(16)9-14-8-10(7-11(14)13(17)21-2)22(18,19)15-5-3-4-6-15/h7-8H,3-6,9H2,1-2H3. The van der Waals surface area contributed by atoms with Crippen molar-refractivity contribution in [1.82, 2.24) is 8.87 Å². The number of ether oxygens (including phenoxy) is 2. The van der Waals surface area contributed by atoms with Gasteiger partial charge in [0.05, 0.1) is 14.2 Å². The number of rotatable bonds is 5. The number of nitrogens with zero attached hydrogens (tertiary/aromatic N) is 2. The zero-order valence-corrected chi connectivity index (χ0v) is 13.3. The first-order valence-electron chi connectivity index (χ1n) is 6.75. The average molecular weight is 330 g/mol. The summed E-state index contributed by atoms with van der Waals surface area (Å²) in [6.07, 6.45) is 2.88. The molecule has 1 aliphatic heterocycles. The minimum atomic E-state index is -3.67. The third kappa shape index (κ3) is 3.14. The van der Waals surface area contributed by atoms with Crippen LogP contribution >= 0.6 is 0 Å². The van der Waals surface area contributed by atoms with E-state index in [9.17, 15) is 18.0 Å². The van der Waals surface area contributed by atoms with Crippen LogP contribution in [0.4, 0.5) is 0 Å². The summed E-state index contributed by atoms with van der Waals surface area (Å²) >= 11 is 0. The molecule has 1 aromatic heterocycles. The number of aromatic nitrogens is 1. The zero-order valence-electron chi connectivity index (χ0n) is 12.4. The van der Waals surface area contributed by atoms with E-state index < -0.39 is 22.0 Å². The van der Waals surface area contributed by atoms with Crippen LogP contribution in [0.5, 0.6) is 0 Å². The van der Waals surface area contributed by atoms with Crippen LogP contribution in [0.15, 0.2) is 17.2 Å². The van der Waals surface area contributed by atoms with Crippen molar-refractivity contribution in [2.45, 2.75) is 24.3 Å². The quantitative estimate of drug-likeness (QED) is 0.717. The Bertz CT molecular complexity index is 673. The summed E-state index contributed by atoms with van der Waals surface area (Å²) in [4.78, 5) is 23.1. The van der Waals surface area contributed by atoms with Gasteiger partial charge in [0.1, 0.15) is 17.1 Å². The van der Waals surface area contributed by atoms with Gasteiger partial charge in [-0.3, -0.25) is 4.79 Å². The lowest BCUT2D eigenvalue weighted by Gasteiger charge is -2.13. The van der Waals surface area contributed by atoms with Crippen molar-refractivity contribution >= 4 is 22.0 Å². The van der Waals surface area contributed by atoms with E-state index in [1.807, 2.05) is 0 Å². The van der Waals surface area contributed by atoms with Gasteiger partial charge in [-0.15, -0.1) is 0 Å². The maximum atomic E-state index is 12.5. The SMILES string of the molecule is COC(=O)Cn1cc(S(=O)(=O)N2CCCC2)cc1C(=O)OC. The minimum absolute atomic E-state index is 0.00864. The normalized spacial score (nSPS) is 15.7. The van der Waals surface area contributed by atoms with Crippen molar-refractivity contribution in [3.8, 4) is 0 Å². The number of hydrogen-bond acceptors (Lipinski definition) is 6. The van der Waals surface area contributed by atoms with Crippen LogP contribution in [-0.2, 0) is 30.8 Å². The van der Waals surface area contributed by atoms with Gasteiger partial charge in [-0.05, 0) is 18.9 Å². The van der Waals surface area contributed by atoms with E-state index in [-0.39, 0.29) is 17.1 Å². The molecule has 2 rings (SSSR count). The highest BCUT2D eigenvalue weighted by atomic mass is 32.2. The molecule has 0 saturated carbocycles. The number of hydrogen-bond donors (Lipinski definition) is 0. The van der Waals surface area contributed by atoms with Gasteiger partial charge in [0, 0.05) is 19.3 Å². The molecule has 1 saturated heterocycles. The highest BCUT2D eigenvalue weighted by Gasteiger charge is 2.30. The van der Waals surface area contributed by atoms with E-state index >= 15 is 0 Å². The highest BCUT2D eigenvalue weighted by molar-refractivity contribution is 7.89. The lowest BCUT2D eigenvalue weighted by Crippen LogP contribution is -2.27. The van der Waals surface area contributed by atoms with E-state index in [4.69, 9.17) is 0 Å². The molecule has 22 heavy (non-hydrogen) atoms. The zero-order chi connectivity index (χ0) is 16.3. The van der Waals surface area contributed by atoms with E-state index in [1.165, 1.54) is 35.4 Å². The first-order chi connectivity index (χ1) is 10.4. The van der Waals surface area contributed by atoms with Gasteiger partial charge in [-0.25, -0.2) is 13.2 Å². The van der Waals surface area contributed by atoms with Crippen LogP contribution < -0.4 is 0 Å². The lowest BCUT2D eigenvalue weighted by atomic mass is 10.4. The molecule has 122 valence electrons. The molecule has 8 nitrogen and oxygen atoms in total. The minimum Gasteiger partial charge on any atom is -0.468 e. The predicted molar refractivity (Wildman–Crippen MR) is 75.8 cm³/mol. The summed E-state index contributed by atoms with van der Waals surface area (Å²) in [5.41, 5.74) is -0.00864. The van der Waals surface area contributed by atoms with Gasteiger partial charge >= 0.3 is 11.9 Å². The van der Waals surface area contributed by atoms with E-state index in [0.29, 0.717) is 13.1 Å². The molecule has 0 aromatic carbocycles. The topological polar surface area (TPSA) is 94.9 Å². The molecule has 1 aromatic rings. The molecule has 1 aliphatic rings. The van der Waals surface area contributed by atoms with E-state index in [2.05, 4.69) is 9.47 Å². The van der Waals surface area contributed by atoms with Gasteiger partial charge in [-0.2, -0.15) is 4.31 Å². The molecule has 2 heterocycles. The fourth-order valence-corrected chi connectivity index (χ4v) is 3.87. The number of carbonyl (C=O) groups excluding carboxylic acids is 2. The molecule has 0 atom stereocenters. The maximum absolute atomic E-state index is 12.5. The number of esters is 2. The Hall–Kier alpha value is -1.87. The van der Waals surface area contributed by atoms with Crippen molar-refractivity contribution in [2.24, 2.45) is 0 Å². The number of sulfonamides is 1. The van der Waals surface area contributed by atoms with Crippen LogP contribution in [-0.4, -0.2) is 56.5 Å². The van der Waals surface area contributed by atoms with Gasteiger partial charge in [0.25, 0.3) is 0 Å². The summed E-state index contributed by atoms with van der Waals surface area (Å²) in [5, 5.41) is 0. The maximum Gasteiger partial charge on any atom is 0.354 e. The summed E-state index contributed by atoms with van der Waals surface area (Å²) in [6.45, 7) is 0.645. The second-order valence-electron chi connectivity index (χ2n) is 4.87. The molecule has 1 fully saturated rings. The van der Waals surface area contributed by atoms with Crippen LogP contribution in [0.2, 0.25) is 0 Å². The Labute approximate surface area is 128 Å². The van der Waals surface area contributed by atoms with Crippen LogP contribution in [0.1, 0.15) is 23.3 Å².